The van der Waals surface area contributed by atoms with Crippen LogP contribution in [0.15, 0.2) is 42.7 Å². The van der Waals surface area contributed by atoms with E-state index < -0.39 is 17.4 Å². The Morgan fingerprint density at radius 3 is 2.24 bits per heavy atom. The summed E-state index contributed by atoms with van der Waals surface area (Å²) in [5.74, 6) is -0.387. The molecule has 2 atom stereocenters. The van der Waals surface area contributed by atoms with E-state index in [-0.39, 0.29) is 24.6 Å². The monoisotopic (exact) mass is 524 g/mol. The number of Topliss-reactive ketones (excluding diaryl/α,β-unsaturated/α-hetero) is 1. The summed E-state index contributed by atoms with van der Waals surface area (Å²) in [7, 11) is 0. The lowest BCUT2D eigenvalue weighted by molar-refractivity contribution is -0.154. The first-order valence-electron chi connectivity index (χ1n) is 13.3. The number of ketones is 1. The molecule has 0 saturated carbocycles. The molecule has 0 radical (unpaired) electrons. The van der Waals surface area contributed by atoms with Gasteiger partial charge in [0.05, 0.1) is 18.5 Å². The van der Waals surface area contributed by atoms with Gasteiger partial charge in [0, 0.05) is 49.8 Å². The number of unbranched alkanes of at least 4 members (excludes halogenated alkanes) is 1. The quantitative estimate of drug-likeness (QED) is 0.188. The van der Waals surface area contributed by atoms with Crippen LogP contribution in [0, 0.1) is 11.3 Å². The maximum absolute atomic E-state index is 13.6. The van der Waals surface area contributed by atoms with E-state index >= 15 is 0 Å². The Labute approximate surface area is 225 Å². The summed E-state index contributed by atoms with van der Waals surface area (Å²) >= 11 is 0. The van der Waals surface area contributed by atoms with Gasteiger partial charge >= 0.3 is 0 Å². The highest BCUT2D eigenvalue weighted by Gasteiger charge is 2.35. The summed E-state index contributed by atoms with van der Waals surface area (Å²) in [5.41, 5.74) is 1.01. The molecule has 0 unspecified atom stereocenters. The van der Waals surface area contributed by atoms with Gasteiger partial charge in [-0.25, -0.2) is 15.0 Å². The first kappa shape index (κ1) is 29.0. The fourth-order valence-corrected chi connectivity index (χ4v) is 4.58. The SMILES string of the molecule is CCCC[C@@H](CN(O)C=O)C(=O)N[C@H](C(=O)c1ccc(N2CCN(c3ncccn3)CC2)cc1)C(C)(C)C. The lowest BCUT2D eigenvalue weighted by Crippen LogP contribution is -2.52. The van der Waals surface area contributed by atoms with Crippen LogP contribution in [-0.2, 0) is 9.59 Å². The number of benzene rings is 1. The van der Waals surface area contributed by atoms with Crippen molar-refractivity contribution in [3.05, 3.63) is 48.3 Å². The lowest BCUT2D eigenvalue weighted by Gasteiger charge is -2.36. The second-order valence-electron chi connectivity index (χ2n) is 10.8. The van der Waals surface area contributed by atoms with Gasteiger partial charge in [0.1, 0.15) is 0 Å². The molecule has 1 aliphatic heterocycles. The average Bonchev–Trinajstić information content (AvgIpc) is 2.93. The van der Waals surface area contributed by atoms with Gasteiger partial charge in [-0.1, -0.05) is 40.5 Å². The largest absolute Gasteiger partial charge is 0.368 e. The molecule has 2 amide bonds. The number of hydrogen-bond acceptors (Lipinski definition) is 8. The van der Waals surface area contributed by atoms with Crippen molar-refractivity contribution in [3.8, 4) is 0 Å². The van der Waals surface area contributed by atoms with Crippen molar-refractivity contribution in [1.82, 2.24) is 20.3 Å². The molecule has 10 nitrogen and oxygen atoms in total. The number of nitrogens with one attached hydrogen (secondary N) is 1. The molecule has 38 heavy (non-hydrogen) atoms. The number of amides is 2. The first-order chi connectivity index (χ1) is 18.1. The van der Waals surface area contributed by atoms with E-state index in [0.29, 0.717) is 17.0 Å². The summed E-state index contributed by atoms with van der Waals surface area (Å²) in [6.07, 6.45) is 5.93. The molecule has 0 bridgehead atoms. The number of piperazine rings is 1. The number of hydroxylamine groups is 2. The lowest BCUT2D eigenvalue weighted by atomic mass is 9.81. The Balaban J connectivity index is 1.67. The maximum atomic E-state index is 13.6. The number of aromatic nitrogens is 2. The molecule has 1 aromatic heterocycles. The molecule has 1 aromatic carbocycles. The fourth-order valence-electron chi connectivity index (χ4n) is 4.58. The molecule has 2 heterocycles. The van der Waals surface area contributed by atoms with E-state index in [0.717, 1.165) is 50.7 Å². The zero-order valence-corrected chi connectivity index (χ0v) is 22.8. The van der Waals surface area contributed by atoms with Gasteiger partial charge < -0.3 is 15.1 Å². The van der Waals surface area contributed by atoms with Gasteiger partial charge in [0.15, 0.2) is 5.78 Å². The highest BCUT2D eigenvalue weighted by Crippen LogP contribution is 2.26. The van der Waals surface area contributed by atoms with Crippen LogP contribution in [0.2, 0.25) is 0 Å². The van der Waals surface area contributed by atoms with Gasteiger partial charge in [-0.3, -0.25) is 19.6 Å². The van der Waals surface area contributed by atoms with E-state index in [1.807, 2.05) is 52.0 Å². The summed E-state index contributed by atoms with van der Waals surface area (Å²) in [6.45, 7) is 10.9. The van der Waals surface area contributed by atoms with E-state index in [9.17, 15) is 19.6 Å². The van der Waals surface area contributed by atoms with Crippen molar-refractivity contribution in [2.24, 2.45) is 11.3 Å². The van der Waals surface area contributed by atoms with Crippen molar-refractivity contribution in [3.63, 3.8) is 0 Å². The minimum Gasteiger partial charge on any atom is -0.368 e. The van der Waals surface area contributed by atoms with Crippen molar-refractivity contribution in [2.75, 3.05) is 42.5 Å². The Morgan fingerprint density at radius 1 is 1.08 bits per heavy atom. The zero-order valence-electron chi connectivity index (χ0n) is 22.8. The van der Waals surface area contributed by atoms with Crippen LogP contribution in [0.3, 0.4) is 0 Å². The highest BCUT2D eigenvalue weighted by molar-refractivity contribution is 6.02. The smallest absolute Gasteiger partial charge is 0.233 e. The van der Waals surface area contributed by atoms with Gasteiger partial charge in [0.25, 0.3) is 0 Å². The third-order valence-corrected chi connectivity index (χ3v) is 6.85. The van der Waals surface area contributed by atoms with Crippen molar-refractivity contribution < 1.29 is 19.6 Å². The molecule has 10 heteroatoms. The van der Waals surface area contributed by atoms with Crippen LogP contribution in [0.4, 0.5) is 11.6 Å². The van der Waals surface area contributed by atoms with Crippen molar-refractivity contribution in [2.45, 2.75) is 53.0 Å². The Morgan fingerprint density at radius 2 is 1.68 bits per heavy atom. The summed E-state index contributed by atoms with van der Waals surface area (Å²) in [6, 6.07) is 8.56. The van der Waals surface area contributed by atoms with Crippen LogP contribution in [0.25, 0.3) is 0 Å². The molecule has 1 aliphatic rings. The average molecular weight is 525 g/mol. The molecule has 0 aliphatic carbocycles. The minimum atomic E-state index is -0.761. The predicted molar refractivity (Wildman–Crippen MR) is 146 cm³/mol. The standard InChI is InChI=1S/C28H40N6O4/c1-5-6-8-22(19-34(38)20-35)26(37)31-25(28(2,3)4)24(36)21-9-11-23(12-10-21)32-15-17-33(18-16-32)27-29-13-7-14-30-27/h7,9-14,20,22,25,38H,5-6,8,15-19H2,1-4H3,(H,31,37)/t22-,25+/m0/s1. The Bertz CT molecular complexity index is 1050. The third-order valence-electron chi connectivity index (χ3n) is 6.85. The molecule has 1 saturated heterocycles. The molecule has 2 aromatic rings. The van der Waals surface area contributed by atoms with E-state index in [1.165, 1.54) is 0 Å². The van der Waals surface area contributed by atoms with Gasteiger partial charge in [-0.15, -0.1) is 0 Å². The van der Waals surface area contributed by atoms with Crippen LogP contribution in [0.5, 0.6) is 0 Å². The van der Waals surface area contributed by atoms with E-state index in [1.54, 1.807) is 18.5 Å². The fraction of sp³-hybridized carbons (Fsp3) is 0.536. The molecule has 3 rings (SSSR count). The second-order valence-corrected chi connectivity index (χ2v) is 10.8. The normalized spacial score (nSPS) is 15.5. The van der Waals surface area contributed by atoms with Crippen LogP contribution >= 0.6 is 0 Å². The predicted octanol–water partition coefficient (Wildman–Crippen LogP) is 3.17. The van der Waals surface area contributed by atoms with E-state index in [4.69, 9.17) is 0 Å². The van der Waals surface area contributed by atoms with E-state index in [2.05, 4.69) is 25.1 Å². The van der Waals surface area contributed by atoms with Gasteiger partial charge in [-0.2, -0.15) is 0 Å². The van der Waals surface area contributed by atoms with Crippen molar-refractivity contribution in [1.29, 1.82) is 0 Å². The van der Waals surface area contributed by atoms with Gasteiger partial charge in [0.2, 0.25) is 18.3 Å². The third kappa shape index (κ3) is 7.74. The Kier molecular flexibility index (Phi) is 10.2. The molecule has 2 N–H and O–H groups in total. The number of nitrogens with zero attached hydrogens (tertiary/aromatic N) is 5. The highest BCUT2D eigenvalue weighted by atomic mass is 16.5. The van der Waals surface area contributed by atoms with Crippen molar-refractivity contribution >= 4 is 29.7 Å². The van der Waals surface area contributed by atoms with Gasteiger partial charge in [-0.05, 0) is 42.2 Å². The number of carbonyl (C=O) groups is 3. The number of carbonyl (C=O) groups excluding carboxylic acids is 3. The molecular formula is C28H40N6O4. The zero-order chi connectivity index (χ0) is 27.7. The molecular weight excluding hydrogens is 484 g/mol. The maximum Gasteiger partial charge on any atom is 0.233 e. The molecule has 1 fully saturated rings. The second kappa shape index (κ2) is 13.3. The number of hydrogen-bond donors (Lipinski definition) is 2. The van der Waals surface area contributed by atoms with Crippen LogP contribution in [0.1, 0.15) is 57.3 Å². The first-order valence-corrected chi connectivity index (χ1v) is 13.3. The summed E-state index contributed by atoms with van der Waals surface area (Å²) < 4.78 is 0. The number of rotatable bonds is 12. The molecule has 0 spiro atoms. The topological polar surface area (TPSA) is 119 Å². The minimum absolute atomic E-state index is 0.112. The molecule has 206 valence electrons. The number of anilines is 2. The van der Waals surface area contributed by atoms with Crippen LogP contribution < -0.4 is 15.1 Å². The van der Waals surface area contributed by atoms with Crippen LogP contribution in [-0.4, -0.2) is 77.1 Å². The summed E-state index contributed by atoms with van der Waals surface area (Å²) in [5, 5.41) is 13.1. The summed E-state index contributed by atoms with van der Waals surface area (Å²) in [4.78, 5) is 50.7. The Hall–Kier alpha value is -3.53.